The lowest BCUT2D eigenvalue weighted by atomic mass is 10.2. The maximum absolute atomic E-state index is 12.5. The maximum atomic E-state index is 12.5. The Hall–Kier alpha value is -2.81. The van der Waals surface area contributed by atoms with Gasteiger partial charge in [-0.05, 0) is 52.0 Å². The van der Waals surface area contributed by atoms with Crippen molar-refractivity contribution < 1.29 is 9.53 Å². The predicted molar refractivity (Wildman–Crippen MR) is 114 cm³/mol. The lowest BCUT2D eigenvalue weighted by molar-refractivity contribution is -0.113. The second-order valence-electron chi connectivity index (χ2n) is 7.00. The number of aromatic nitrogens is 5. The molecule has 0 unspecified atom stereocenters. The van der Waals surface area contributed by atoms with E-state index in [9.17, 15) is 4.79 Å². The van der Waals surface area contributed by atoms with E-state index < -0.39 is 0 Å². The predicted octanol–water partition coefficient (Wildman–Crippen LogP) is 3.62. The van der Waals surface area contributed by atoms with Crippen LogP contribution in [0.1, 0.15) is 31.3 Å². The van der Waals surface area contributed by atoms with Crippen LogP contribution < -0.4 is 10.1 Å². The van der Waals surface area contributed by atoms with Crippen LogP contribution in [0, 0.1) is 13.8 Å². The van der Waals surface area contributed by atoms with Gasteiger partial charge in [-0.2, -0.15) is 5.10 Å². The van der Waals surface area contributed by atoms with E-state index in [1.807, 2.05) is 49.7 Å². The van der Waals surface area contributed by atoms with Gasteiger partial charge in [-0.1, -0.05) is 11.8 Å². The number of amides is 1. The number of methoxy groups -OCH3 is 1. The molecule has 1 amide bonds. The first-order valence-electron chi connectivity index (χ1n) is 9.34. The smallest absolute Gasteiger partial charge is 0.234 e. The van der Waals surface area contributed by atoms with Crippen molar-refractivity contribution in [2.45, 2.75) is 38.9 Å². The fraction of sp³-hybridized carbons (Fsp3) is 0.400. The van der Waals surface area contributed by atoms with Gasteiger partial charge in [0.15, 0.2) is 11.0 Å². The molecule has 3 rings (SSSR count). The lowest BCUT2D eigenvalue weighted by Crippen LogP contribution is -2.16. The van der Waals surface area contributed by atoms with E-state index in [1.54, 1.807) is 11.8 Å². The first kappa shape index (κ1) is 20.9. The fourth-order valence-electron chi connectivity index (χ4n) is 3.04. The number of anilines is 1. The molecular weight excluding hydrogens is 388 g/mol. The summed E-state index contributed by atoms with van der Waals surface area (Å²) >= 11 is 1.37. The van der Waals surface area contributed by atoms with Gasteiger partial charge >= 0.3 is 0 Å². The van der Waals surface area contributed by atoms with Crippen LogP contribution in [0.15, 0.2) is 29.4 Å². The Bertz CT molecular complexity index is 1010. The Kier molecular flexibility index (Phi) is 6.26. The van der Waals surface area contributed by atoms with Crippen molar-refractivity contribution in [3.05, 3.63) is 35.7 Å². The van der Waals surface area contributed by atoms with E-state index in [0.29, 0.717) is 5.16 Å². The second kappa shape index (κ2) is 8.69. The molecule has 0 spiro atoms. The molecule has 1 N–H and O–H groups in total. The number of rotatable bonds is 7. The topological polar surface area (TPSA) is 86.9 Å². The Morgan fingerprint density at radius 2 is 1.90 bits per heavy atom. The van der Waals surface area contributed by atoms with Gasteiger partial charge in [0, 0.05) is 18.7 Å². The largest absolute Gasteiger partial charge is 0.497 e. The molecule has 0 aliphatic rings. The lowest BCUT2D eigenvalue weighted by Gasteiger charge is -2.14. The molecule has 154 valence electrons. The summed E-state index contributed by atoms with van der Waals surface area (Å²) in [7, 11) is 3.50. The van der Waals surface area contributed by atoms with Crippen LogP contribution in [0.25, 0.3) is 11.4 Å². The highest BCUT2D eigenvalue weighted by molar-refractivity contribution is 7.99. The highest BCUT2D eigenvalue weighted by Crippen LogP contribution is 2.29. The highest BCUT2D eigenvalue weighted by atomic mass is 32.2. The van der Waals surface area contributed by atoms with Crippen molar-refractivity contribution in [2.24, 2.45) is 7.05 Å². The normalized spacial score (nSPS) is 11.1. The van der Waals surface area contributed by atoms with E-state index in [-0.39, 0.29) is 17.7 Å². The van der Waals surface area contributed by atoms with Crippen LogP contribution in [-0.4, -0.2) is 43.3 Å². The summed E-state index contributed by atoms with van der Waals surface area (Å²) in [5, 5.41) is 16.7. The summed E-state index contributed by atoms with van der Waals surface area (Å²) in [6.45, 7) is 7.96. The number of nitrogens with zero attached hydrogens (tertiary/aromatic N) is 5. The van der Waals surface area contributed by atoms with Gasteiger partial charge in [0.1, 0.15) is 5.75 Å². The van der Waals surface area contributed by atoms with Gasteiger partial charge in [-0.15, -0.1) is 10.2 Å². The van der Waals surface area contributed by atoms with Crippen LogP contribution >= 0.6 is 11.8 Å². The molecule has 0 radical (unpaired) electrons. The van der Waals surface area contributed by atoms with Gasteiger partial charge in [0.25, 0.3) is 0 Å². The maximum Gasteiger partial charge on any atom is 0.234 e. The van der Waals surface area contributed by atoms with Gasteiger partial charge in [0.05, 0.1) is 29.9 Å². The SMILES string of the molecule is COc1ccc(-c2nnc(SCC(=O)Nc3c(C)nn(C)c3C)n2C(C)C)cc1. The number of ether oxygens (including phenoxy) is 1. The number of benzene rings is 1. The van der Waals surface area contributed by atoms with E-state index in [2.05, 4.69) is 34.5 Å². The molecule has 29 heavy (non-hydrogen) atoms. The van der Waals surface area contributed by atoms with Crippen LogP contribution in [-0.2, 0) is 11.8 Å². The minimum absolute atomic E-state index is 0.0986. The second-order valence-corrected chi connectivity index (χ2v) is 7.95. The Balaban J connectivity index is 1.75. The highest BCUT2D eigenvalue weighted by Gasteiger charge is 2.19. The summed E-state index contributed by atoms with van der Waals surface area (Å²) in [4.78, 5) is 12.5. The molecule has 1 aromatic carbocycles. The Morgan fingerprint density at radius 3 is 2.45 bits per heavy atom. The average Bonchev–Trinajstić information content (AvgIpc) is 3.23. The summed E-state index contributed by atoms with van der Waals surface area (Å²) in [6, 6.07) is 7.85. The number of carbonyl (C=O) groups excluding carboxylic acids is 1. The monoisotopic (exact) mass is 414 g/mol. The zero-order chi connectivity index (χ0) is 21.1. The zero-order valence-corrected chi connectivity index (χ0v) is 18.4. The summed E-state index contributed by atoms with van der Waals surface area (Å²) in [5.41, 5.74) is 3.44. The van der Waals surface area contributed by atoms with Gasteiger partial charge < -0.3 is 10.1 Å². The summed E-state index contributed by atoms with van der Waals surface area (Å²) in [6.07, 6.45) is 0. The fourth-order valence-corrected chi connectivity index (χ4v) is 3.91. The first-order valence-corrected chi connectivity index (χ1v) is 10.3. The molecule has 0 aliphatic heterocycles. The van der Waals surface area contributed by atoms with Crippen LogP contribution in [0.3, 0.4) is 0 Å². The minimum Gasteiger partial charge on any atom is -0.497 e. The molecule has 2 heterocycles. The Morgan fingerprint density at radius 1 is 1.21 bits per heavy atom. The van der Waals surface area contributed by atoms with Crippen molar-refractivity contribution in [3.8, 4) is 17.1 Å². The first-order chi connectivity index (χ1) is 13.8. The molecule has 2 aromatic heterocycles. The summed E-state index contributed by atoms with van der Waals surface area (Å²) < 4.78 is 9.02. The molecule has 8 nitrogen and oxygen atoms in total. The molecule has 3 aromatic rings. The van der Waals surface area contributed by atoms with Crippen LogP contribution in [0.4, 0.5) is 5.69 Å². The Labute approximate surface area is 174 Å². The standard InChI is InChI=1S/C20H26N6O2S/c1-12(2)26-19(15-7-9-16(28-6)10-8-15)22-23-20(26)29-11-17(27)21-18-13(3)24-25(5)14(18)4/h7-10,12H,11H2,1-6H3,(H,21,27). The van der Waals surface area contributed by atoms with Gasteiger partial charge in [-0.25, -0.2) is 0 Å². The van der Waals surface area contributed by atoms with Crippen molar-refractivity contribution >= 4 is 23.4 Å². The van der Waals surface area contributed by atoms with Crippen molar-refractivity contribution in [1.29, 1.82) is 0 Å². The van der Waals surface area contributed by atoms with Crippen molar-refractivity contribution in [2.75, 3.05) is 18.2 Å². The summed E-state index contributed by atoms with van der Waals surface area (Å²) in [5.74, 6) is 1.70. The molecule has 9 heteroatoms. The molecule has 0 atom stereocenters. The van der Waals surface area contributed by atoms with Gasteiger partial charge in [-0.3, -0.25) is 14.0 Å². The number of hydrogen-bond donors (Lipinski definition) is 1. The van der Waals surface area contributed by atoms with E-state index in [1.165, 1.54) is 11.8 Å². The minimum atomic E-state index is -0.0986. The molecular formula is C20H26N6O2S. The third-order valence-corrected chi connectivity index (χ3v) is 5.58. The molecule has 0 saturated carbocycles. The van der Waals surface area contributed by atoms with Crippen LogP contribution in [0.5, 0.6) is 5.75 Å². The molecule has 0 bridgehead atoms. The van der Waals surface area contributed by atoms with E-state index in [4.69, 9.17) is 4.74 Å². The molecule has 0 fully saturated rings. The average molecular weight is 415 g/mol. The van der Waals surface area contributed by atoms with Crippen molar-refractivity contribution in [3.63, 3.8) is 0 Å². The number of hydrogen-bond acceptors (Lipinski definition) is 6. The number of nitrogens with one attached hydrogen (secondary N) is 1. The third kappa shape index (κ3) is 4.45. The van der Waals surface area contributed by atoms with E-state index >= 15 is 0 Å². The molecule has 0 saturated heterocycles. The van der Waals surface area contributed by atoms with Crippen molar-refractivity contribution in [1.82, 2.24) is 24.5 Å². The number of thioether (sulfide) groups is 1. The molecule has 0 aliphatic carbocycles. The number of aryl methyl sites for hydroxylation is 2. The third-order valence-electron chi connectivity index (χ3n) is 4.63. The zero-order valence-electron chi connectivity index (χ0n) is 17.6. The quantitative estimate of drug-likeness (QED) is 0.594. The van der Waals surface area contributed by atoms with Gasteiger partial charge in [0.2, 0.25) is 5.91 Å². The van der Waals surface area contributed by atoms with E-state index in [0.717, 1.165) is 34.2 Å². The van der Waals surface area contributed by atoms with Crippen LogP contribution in [0.2, 0.25) is 0 Å². The number of carbonyl (C=O) groups is 1.